The van der Waals surface area contributed by atoms with Crippen LogP contribution in [-0.2, 0) is 18.4 Å². The Hall–Kier alpha value is -2.54. The fourth-order valence-corrected chi connectivity index (χ4v) is 3.15. The number of nitrogens with one attached hydrogen (secondary N) is 1. The molecule has 7 heteroatoms. The minimum atomic E-state index is -0.279. The van der Waals surface area contributed by atoms with Gasteiger partial charge >= 0.3 is 6.03 Å². The van der Waals surface area contributed by atoms with Gasteiger partial charge in [0.05, 0.1) is 6.04 Å². The number of urea groups is 1. The van der Waals surface area contributed by atoms with Gasteiger partial charge in [0.25, 0.3) is 5.56 Å². The number of carbonyl (C=O) groups is 1. The fraction of sp³-hybridized carbons (Fsp3) is 0.444. The summed E-state index contributed by atoms with van der Waals surface area (Å²) in [5, 5.41) is 2.78. The number of aryl methyl sites for hydroxylation is 2. The quantitative estimate of drug-likeness (QED) is 0.924. The molecule has 1 fully saturated rings. The lowest BCUT2D eigenvalue weighted by atomic mass is 10.2. The van der Waals surface area contributed by atoms with E-state index in [4.69, 9.17) is 9.15 Å². The molecule has 0 unspecified atom stereocenters. The van der Waals surface area contributed by atoms with Crippen molar-refractivity contribution in [3.05, 3.63) is 51.8 Å². The molecule has 0 aliphatic carbocycles. The van der Waals surface area contributed by atoms with E-state index in [1.807, 2.05) is 25.1 Å². The summed E-state index contributed by atoms with van der Waals surface area (Å²) in [4.78, 5) is 26.7. The van der Waals surface area contributed by atoms with Crippen molar-refractivity contribution in [1.82, 2.24) is 9.47 Å². The Labute approximate surface area is 146 Å². The number of amides is 2. The predicted octanol–water partition coefficient (Wildman–Crippen LogP) is 2.80. The molecule has 0 bridgehead atoms. The molecule has 3 heterocycles. The lowest BCUT2D eigenvalue weighted by Gasteiger charge is -2.24. The highest BCUT2D eigenvalue weighted by molar-refractivity contribution is 5.90. The maximum absolute atomic E-state index is 12.7. The molecule has 0 saturated carbocycles. The first-order chi connectivity index (χ1) is 12.0. The van der Waals surface area contributed by atoms with Gasteiger partial charge in [-0.2, -0.15) is 0 Å². The Morgan fingerprint density at radius 1 is 1.40 bits per heavy atom. The van der Waals surface area contributed by atoms with Gasteiger partial charge in [-0.15, -0.1) is 0 Å². The van der Waals surface area contributed by atoms with Crippen LogP contribution in [0.2, 0.25) is 0 Å². The fourth-order valence-electron chi connectivity index (χ4n) is 3.15. The van der Waals surface area contributed by atoms with Crippen molar-refractivity contribution in [2.24, 2.45) is 7.05 Å². The first kappa shape index (κ1) is 17.3. The molecule has 2 amide bonds. The van der Waals surface area contributed by atoms with Gasteiger partial charge in [0, 0.05) is 26.9 Å². The zero-order valence-corrected chi connectivity index (χ0v) is 14.7. The monoisotopic (exact) mass is 345 g/mol. The van der Waals surface area contributed by atoms with Crippen molar-refractivity contribution in [1.29, 1.82) is 0 Å². The summed E-state index contributed by atoms with van der Waals surface area (Å²) in [5.74, 6) is 1.48. The Bertz CT molecular complexity index is 824. The van der Waals surface area contributed by atoms with E-state index in [9.17, 15) is 9.59 Å². The largest absolute Gasteiger partial charge is 0.461 e. The molecular formula is C18H23N3O4. The summed E-state index contributed by atoms with van der Waals surface area (Å²) in [5.41, 5.74) is 0.845. The molecule has 1 aliphatic heterocycles. The molecule has 134 valence electrons. The Morgan fingerprint density at radius 2 is 2.20 bits per heavy atom. The predicted molar refractivity (Wildman–Crippen MR) is 93.5 cm³/mol. The molecule has 3 rings (SSSR count). The second kappa shape index (κ2) is 7.14. The molecule has 25 heavy (non-hydrogen) atoms. The van der Waals surface area contributed by atoms with Crippen LogP contribution in [0.25, 0.3) is 0 Å². The van der Waals surface area contributed by atoms with E-state index in [0.29, 0.717) is 18.8 Å². The topological polar surface area (TPSA) is 76.7 Å². The van der Waals surface area contributed by atoms with Crippen LogP contribution in [-0.4, -0.2) is 29.2 Å². The first-order valence-electron chi connectivity index (χ1n) is 8.32. The molecular weight excluding hydrogens is 322 g/mol. The van der Waals surface area contributed by atoms with E-state index >= 15 is 0 Å². The number of nitrogens with zero attached hydrogens (tertiary/aromatic N) is 2. The van der Waals surface area contributed by atoms with Crippen LogP contribution >= 0.6 is 0 Å². The number of pyridine rings is 1. The van der Waals surface area contributed by atoms with Crippen molar-refractivity contribution in [2.75, 3.05) is 19.0 Å². The van der Waals surface area contributed by atoms with E-state index in [2.05, 4.69) is 5.32 Å². The SMILES string of the molecule is COCc1ccc([C@H]2CCCN2C(=O)Nc2c(C)ccn(C)c2=O)o1. The number of likely N-dealkylation sites (tertiary alicyclic amines) is 1. The van der Waals surface area contributed by atoms with E-state index in [-0.39, 0.29) is 17.6 Å². The van der Waals surface area contributed by atoms with Gasteiger partial charge in [0.15, 0.2) is 0 Å². The molecule has 0 spiro atoms. The summed E-state index contributed by atoms with van der Waals surface area (Å²) in [6.45, 7) is 2.84. The maximum atomic E-state index is 12.7. The first-order valence-corrected chi connectivity index (χ1v) is 8.32. The minimum Gasteiger partial charge on any atom is -0.461 e. The number of ether oxygens (including phenoxy) is 1. The standard InChI is InChI=1S/C18H23N3O4/c1-12-8-10-20(2)17(22)16(12)19-18(23)21-9-4-5-14(21)15-7-6-13(25-15)11-24-3/h6-8,10,14H,4-5,9,11H2,1-3H3,(H,19,23)/t14-/m1/s1. The van der Waals surface area contributed by atoms with Gasteiger partial charge in [-0.1, -0.05) is 0 Å². The Kier molecular flexibility index (Phi) is 4.94. The van der Waals surface area contributed by atoms with E-state index in [1.165, 1.54) is 4.57 Å². The zero-order valence-electron chi connectivity index (χ0n) is 14.7. The van der Waals surface area contributed by atoms with E-state index in [1.54, 1.807) is 25.3 Å². The number of aromatic nitrogens is 1. The van der Waals surface area contributed by atoms with Gasteiger partial charge in [0.2, 0.25) is 0 Å². The van der Waals surface area contributed by atoms with Crippen molar-refractivity contribution in [3.8, 4) is 0 Å². The Balaban J connectivity index is 1.79. The third-order valence-corrected chi connectivity index (χ3v) is 4.52. The number of furan rings is 1. The molecule has 2 aromatic rings. The average molecular weight is 345 g/mol. The summed E-state index contributed by atoms with van der Waals surface area (Å²) in [6.07, 6.45) is 3.41. The average Bonchev–Trinajstić information content (AvgIpc) is 3.24. The number of hydrogen-bond acceptors (Lipinski definition) is 4. The zero-order chi connectivity index (χ0) is 18.0. The van der Waals surface area contributed by atoms with Crippen LogP contribution in [0.1, 0.15) is 36.0 Å². The molecule has 0 aromatic carbocycles. The van der Waals surface area contributed by atoms with Gasteiger partial charge in [-0.05, 0) is 43.5 Å². The van der Waals surface area contributed by atoms with Gasteiger partial charge in [-0.25, -0.2) is 4.79 Å². The van der Waals surface area contributed by atoms with Crippen LogP contribution < -0.4 is 10.9 Å². The number of methoxy groups -OCH3 is 1. The summed E-state index contributed by atoms with van der Waals surface area (Å²) in [6, 6.07) is 5.15. The molecule has 1 aliphatic rings. The number of rotatable bonds is 4. The van der Waals surface area contributed by atoms with Gasteiger partial charge in [0.1, 0.15) is 23.8 Å². The normalized spacial score (nSPS) is 17.1. The molecule has 1 N–H and O–H groups in total. The molecule has 2 aromatic heterocycles. The molecule has 0 radical (unpaired) electrons. The van der Waals surface area contributed by atoms with E-state index < -0.39 is 0 Å². The summed E-state index contributed by atoms with van der Waals surface area (Å²) in [7, 11) is 3.27. The third-order valence-electron chi connectivity index (χ3n) is 4.52. The van der Waals surface area contributed by atoms with Gasteiger partial charge < -0.3 is 23.9 Å². The lowest BCUT2D eigenvalue weighted by Crippen LogP contribution is -2.36. The number of anilines is 1. The van der Waals surface area contributed by atoms with Crippen molar-refractivity contribution in [3.63, 3.8) is 0 Å². The highest BCUT2D eigenvalue weighted by atomic mass is 16.5. The summed E-state index contributed by atoms with van der Waals surface area (Å²) >= 11 is 0. The smallest absolute Gasteiger partial charge is 0.322 e. The highest BCUT2D eigenvalue weighted by Gasteiger charge is 2.32. The van der Waals surface area contributed by atoms with Gasteiger partial charge in [-0.3, -0.25) is 4.79 Å². The Morgan fingerprint density at radius 3 is 2.96 bits per heavy atom. The third kappa shape index (κ3) is 3.46. The van der Waals surface area contributed by atoms with Crippen LogP contribution in [0.4, 0.5) is 10.5 Å². The van der Waals surface area contributed by atoms with Crippen molar-refractivity contribution in [2.45, 2.75) is 32.4 Å². The number of carbonyl (C=O) groups excluding carboxylic acids is 1. The van der Waals surface area contributed by atoms with E-state index in [0.717, 1.165) is 29.9 Å². The molecule has 1 atom stereocenters. The number of hydrogen-bond donors (Lipinski definition) is 1. The van der Waals surface area contributed by atoms with Crippen LogP contribution in [0.15, 0.2) is 33.6 Å². The maximum Gasteiger partial charge on any atom is 0.322 e. The summed E-state index contributed by atoms with van der Waals surface area (Å²) < 4.78 is 12.3. The minimum absolute atomic E-state index is 0.126. The molecule has 7 nitrogen and oxygen atoms in total. The van der Waals surface area contributed by atoms with Crippen LogP contribution in [0.3, 0.4) is 0 Å². The van der Waals surface area contributed by atoms with Crippen LogP contribution in [0.5, 0.6) is 0 Å². The van der Waals surface area contributed by atoms with Crippen molar-refractivity contribution >= 4 is 11.7 Å². The molecule has 1 saturated heterocycles. The lowest BCUT2D eigenvalue weighted by molar-refractivity contribution is 0.157. The highest BCUT2D eigenvalue weighted by Crippen LogP contribution is 2.33. The van der Waals surface area contributed by atoms with Crippen LogP contribution in [0, 0.1) is 6.92 Å². The van der Waals surface area contributed by atoms with Crippen molar-refractivity contribution < 1.29 is 13.9 Å². The second-order valence-corrected chi connectivity index (χ2v) is 6.31. The second-order valence-electron chi connectivity index (χ2n) is 6.31.